The van der Waals surface area contributed by atoms with E-state index in [-0.39, 0.29) is 5.78 Å². The molecule has 0 N–H and O–H groups in total. The van der Waals surface area contributed by atoms with Crippen molar-refractivity contribution in [3.8, 4) is 0 Å². The monoisotopic (exact) mass is 241 g/mol. The van der Waals surface area contributed by atoms with Crippen molar-refractivity contribution >= 4 is 11.3 Å². The van der Waals surface area contributed by atoms with Gasteiger partial charge >= 0.3 is 0 Å². The third kappa shape index (κ3) is 1.94. The van der Waals surface area contributed by atoms with Crippen LogP contribution in [0.3, 0.4) is 0 Å². The fraction of sp³-hybridized carbons (Fsp3) is 0.357. The van der Waals surface area contributed by atoms with Crippen LogP contribution in [0.25, 0.3) is 5.52 Å². The van der Waals surface area contributed by atoms with Gasteiger partial charge in [-0.2, -0.15) is 5.10 Å². The van der Waals surface area contributed by atoms with E-state index in [0.717, 1.165) is 30.4 Å². The summed E-state index contributed by atoms with van der Waals surface area (Å²) >= 11 is 0. The zero-order valence-corrected chi connectivity index (χ0v) is 10.2. The van der Waals surface area contributed by atoms with Crippen molar-refractivity contribution in [1.29, 1.82) is 0 Å². The highest BCUT2D eigenvalue weighted by molar-refractivity contribution is 6.12. The highest BCUT2D eigenvalue weighted by atomic mass is 16.1. The largest absolute Gasteiger partial charge is 0.289 e. The van der Waals surface area contributed by atoms with Gasteiger partial charge in [0.25, 0.3) is 0 Å². The molecule has 2 aromatic rings. The van der Waals surface area contributed by atoms with Gasteiger partial charge in [0, 0.05) is 12.4 Å². The molecule has 0 spiro atoms. The highest BCUT2D eigenvalue weighted by Crippen LogP contribution is 2.22. The summed E-state index contributed by atoms with van der Waals surface area (Å²) < 4.78 is 1.69. The maximum Gasteiger partial charge on any atom is 0.192 e. The van der Waals surface area contributed by atoms with Crippen molar-refractivity contribution in [3.05, 3.63) is 42.0 Å². The number of Topliss-reactive ketones (excluding diaryl/α,β-unsaturated/α-hetero) is 1. The van der Waals surface area contributed by atoms with E-state index in [1.54, 1.807) is 29.3 Å². The van der Waals surface area contributed by atoms with Gasteiger partial charge < -0.3 is 0 Å². The molecule has 0 atom stereocenters. The molecule has 4 heteroatoms. The summed E-state index contributed by atoms with van der Waals surface area (Å²) in [7, 11) is 0. The van der Waals surface area contributed by atoms with Gasteiger partial charge in [-0.05, 0) is 31.3 Å². The molecule has 0 amide bonds. The van der Waals surface area contributed by atoms with Gasteiger partial charge in [-0.1, -0.05) is 12.5 Å². The fourth-order valence-corrected chi connectivity index (χ4v) is 2.40. The van der Waals surface area contributed by atoms with Crippen LogP contribution in [0.15, 0.2) is 36.4 Å². The van der Waals surface area contributed by atoms with E-state index in [2.05, 4.69) is 16.2 Å². The Hall–Kier alpha value is -1.97. The topological polar surface area (TPSA) is 47.3 Å². The molecule has 1 aliphatic carbocycles. The zero-order chi connectivity index (χ0) is 12.4. The molecule has 92 valence electrons. The number of aromatic nitrogens is 3. The number of ketones is 1. The van der Waals surface area contributed by atoms with E-state index in [1.807, 2.05) is 0 Å². The minimum atomic E-state index is 0.111. The molecule has 18 heavy (non-hydrogen) atoms. The first-order chi connectivity index (χ1) is 8.86. The van der Waals surface area contributed by atoms with Crippen LogP contribution in [0.4, 0.5) is 0 Å². The first-order valence-electron chi connectivity index (χ1n) is 6.37. The van der Waals surface area contributed by atoms with Crippen LogP contribution >= 0.6 is 0 Å². The number of fused-ring (bicyclic) bond motifs is 1. The van der Waals surface area contributed by atoms with Gasteiger partial charge in [-0.3, -0.25) is 9.78 Å². The van der Waals surface area contributed by atoms with E-state index in [9.17, 15) is 4.79 Å². The molecular weight excluding hydrogens is 226 g/mol. The molecule has 3 rings (SSSR count). The molecule has 2 aromatic heterocycles. The van der Waals surface area contributed by atoms with Gasteiger partial charge in [0.2, 0.25) is 0 Å². The minimum Gasteiger partial charge on any atom is -0.289 e. The predicted molar refractivity (Wildman–Crippen MR) is 68.5 cm³/mol. The second-order valence-electron chi connectivity index (χ2n) is 4.62. The molecule has 0 saturated heterocycles. The lowest BCUT2D eigenvalue weighted by Crippen LogP contribution is -2.03. The standard InChI is InChI=1S/C14H15N3O/c18-14(11-5-3-1-2-4-6-11)12-9-16-17-8-7-15-10-13(12)17/h5,7-10H,1-4,6H2. The predicted octanol–water partition coefficient (Wildman–Crippen LogP) is 2.80. The van der Waals surface area contributed by atoms with Crippen molar-refractivity contribution in [1.82, 2.24) is 14.6 Å². The number of carbonyl (C=O) groups excluding carboxylic acids is 1. The summed E-state index contributed by atoms with van der Waals surface area (Å²) in [6.45, 7) is 0. The molecule has 0 radical (unpaired) electrons. The molecule has 4 nitrogen and oxygen atoms in total. The summed E-state index contributed by atoms with van der Waals surface area (Å²) in [6, 6.07) is 0. The third-order valence-corrected chi connectivity index (χ3v) is 3.40. The van der Waals surface area contributed by atoms with Gasteiger partial charge in [-0.25, -0.2) is 4.52 Å². The number of carbonyl (C=O) groups is 1. The van der Waals surface area contributed by atoms with Crippen molar-refractivity contribution in [3.63, 3.8) is 0 Å². The average molecular weight is 241 g/mol. The average Bonchev–Trinajstić information content (AvgIpc) is 2.65. The lowest BCUT2D eigenvalue weighted by atomic mass is 10.0. The lowest BCUT2D eigenvalue weighted by molar-refractivity contribution is 0.103. The Labute approximate surface area is 105 Å². The lowest BCUT2D eigenvalue weighted by Gasteiger charge is -2.02. The van der Waals surface area contributed by atoms with E-state index >= 15 is 0 Å². The Kier molecular flexibility index (Phi) is 2.92. The number of hydrogen-bond donors (Lipinski definition) is 0. The SMILES string of the molecule is O=C(C1=CCCCCC1)c1cnn2ccncc12. The quantitative estimate of drug-likeness (QED) is 0.759. The van der Waals surface area contributed by atoms with E-state index in [4.69, 9.17) is 0 Å². The van der Waals surface area contributed by atoms with Crippen LogP contribution in [-0.4, -0.2) is 20.4 Å². The molecule has 2 heterocycles. The first-order valence-corrected chi connectivity index (χ1v) is 6.37. The van der Waals surface area contributed by atoms with Gasteiger partial charge in [0.15, 0.2) is 5.78 Å². The van der Waals surface area contributed by atoms with Gasteiger partial charge in [0.1, 0.15) is 0 Å². The van der Waals surface area contributed by atoms with Crippen LogP contribution < -0.4 is 0 Å². The van der Waals surface area contributed by atoms with Crippen molar-refractivity contribution in [2.24, 2.45) is 0 Å². The first kappa shape index (κ1) is 11.1. The van der Waals surface area contributed by atoms with Crippen LogP contribution in [0.5, 0.6) is 0 Å². The maximum absolute atomic E-state index is 12.5. The molecule has 0 aromatic carbocycles. The molecular formula is C14H15N3O. The molecule has 0 aliphatic heterocycles. The number of rotatable bonds is 2. The summed E-state index contributed by atoms with van der Waals surface area (Å²) in [6.07, 6.45) is 14.3. The summed E-state index contributed by atoms with van der Waals surface area (Å²) in [5, 5.41) is 4.19. The maximum atomic E-state index is 12.5. The van der Waals surface area contributed by atoms with E-state index < -0.39 is 0 Å². The van der Waals surface area contributed by atoms with E-state index in [0.29, 0.717) is 5.56 Å². The molecule has 0 unspecified atom stereocenters. The minimum absolute atomic E-state index is 0.111. The molecule has 0 saturated carbocycles. The Bertz CT molecular complexity index is 612. The third-order valence-electron chi connectivity index (χ3n) is 3.40. The van der Waals surface area contributed by atoms with Crippen molar-refractivity contribution in [2.75, 3.05) is 0 Å². The molecule has 0 fully saturated rings. The van der Waals surface area contributed by atoms with Crippen LogP contribution in [0, 0.1) is 0 Å². The van der Waals surface area contributed by atoms with Crippen LogP contribution in [0.1, 0.15) is 42.5 Å². The smallest absolute Gasteiger partial charge is 0.192 e. The highest BCUT2D eigenvalue weighted by Gasteiger charge is 2.17. The number of hydrogen-bond acceptors (Lipinski definition) is 3. The summed E-state index contributed by atoms with van der Waals surface area (Å²) in [4.78, 5) is 16.5. The number of allylic oxidation sites excluding steroid dienone is 2. The van der Waals surface area contributed by atoms with Crippen LogP contribution in [0.2, 0.25) is 0 Å². The van der Waals surface area contributed by atoms with Crippen molar-refractivity contribution in [2.45, 2.75) is 32.1 Å². The second-order valence-corrected chi connectivity index (χ2v) is 4.62. The fourth-order valence-electron chi connectivity index (χ4n) is 2.40. The summed E-state index contributed by atoms with van der Waals surface area (Å²) in [5.41, 5.74) is 2.38. The number of nitrogens with zero attached hydrogens (tertiary/aromatic N) is 3. The Morgan fingerprint density at radius 2 is 2.17 bits per heavy atom. The van der Waals surface area contributed by atoms with E-state index in [1.165, 1.54) is 12.8 Å². The second kappa shape index (κ2) is 4.72. The van der Waals surface area contributed by atoms with Crippen LogP contribution in [-0.2, 0) is 0 Å². The Morgan fingerprint density at radius 1 is 1.22 bits per heavy atom. The Morgan fingerprint density at radius 3 is 3.11 bits per heavy atom. The zero-order valence-electron chi connectivity index (χ0n) is 10.2. The molecule has 1 aliphatic rings. The van der Waals surface area contributed by atoms with Crippen molar-refractivity contribution < 1.29 is 4.79 Å². The summed E-state index contributed by atoms with van der Waals surface area (Å²) in [5.74, 6) is 0.111. The normalized spacial score (nSPS) is 16.3. The molecule has 0 bridgehead atoms. The van der Waals surface area contributed by atoms with Gasteiger partial charge in [0.05, 0.1) is 23.5 Å². The Balaban J connectivity index is 1.99. The van der Waals surface area contributed by atoms with Gasteiger partial charge in [-0.15, -0.1) is 0 Å².